The summed E-state index contributed by atoms with van der Waals surface area (Å²) >= 11 is 1.40. The molecule has 0 aliphatic heterocycles. The highest BCUT2D eigenvalue weighted by molar-refractivity contribution is 7.95. The minimum Gasteiger partial charge on any atom is -0.497 e. The van der Waals surface area contributed by atoms with Gasteiger partial charge in [-0.1, -0.05) is 24.3 Å². The van der Waals surface area contributed by atoms with Crippen molar-refractivity contribution in [1.82, 2.24) is 4.98 Å². The number of aromatic amines is 1. The molecular formula is C25H22N2O2S. The summed E-state index contributed by atoms with van der Waals surface area (Å²) in [4.78, 5) is 6.68. The number of ether oxygens (including phenoxy) is 1. The third-order valence-corrected chi connectivity index (χ3v) is 6.16. The fourth-order valence-corrected chi connectivity index (χ4v) is 4.55. The Morgan fingerprint density at radius 1 is 0.733 bits per heavy atom. The van der Waals surface area contributed by atoms with E-state index >= 15 is 0 Å². The number of aromatic nitrogens is 1. The van der Waals surface area contributed by atoms with E-state index in [-0.39, 0.29) is 0 Å². The van der Waals surface area contributed by atoms with Gasteiger partial charge in [-0.05, 0) is 42.5 Å². The van der Waals surface area contributed by atoms with Gasteiger partial charge in [0, 0.05) is 52.9 Å². The molecular weight excluding hydrogens is 392 g/mol. The number of anilines is 1. The van der Waals surface area contributed by atoms with Crippen molar-refractivity contribution >= 4 is 50.3 Å². The van der Waals surface area contributed by atoms with Gasteiger partial charge in [0.2, 0.25) is 0 Å². The van der Waals surface area contributed by atoms with Gasteiger partial charge in [0.15, 0.2) is 0 Å². The molecule has 0 aliphatic carbocycles. The van der Waals surface area contributed by atoms with E-state index in [1.165, 1.54) is 28.5 Å². The summed E-state index contributed by atoms with van der Waals surface area (Å²) < 4.78 is 11.5. The summed E-state index contributed by atoms with van der Waals surface area (Å²) in [6.07, 6.45) is 0. The fraction of sp³-hybridized carbons (Fsp3) is 0.120. The molecule has 30 heavy (non-hydrogen) atoms. The van der Waals surface area contributed by atoms with Crippen LogP contribution in [0.2, 0.25) is 0 Å². The van der Waals surface area contributed by atoms with Gasteiger partial charge in [-0.2, -0.15) is 0 Å². The lowest BCUT2D eigenvalue weighted by Gasteiger charge is -2.16. The molecule has 0 spiro atoms. The smallest absolute Gasteiger partial charge is 0.138 e. The predicted octanol–water partition coefficient (Wildman–Crippen LogP) is 6.64. The van der Waals surface area contributed by atoms with Gasteiger partial charge in [0.1, 0.15) is 11.5 Å². The predicted molar refractivity (Wildman–Crippen MR) is 127 cm³/mol. The van der Waals surface area contributed by atoms with Crippen LogP contribution in [0, 0.1) is 0 Å². The second kappa shape index (κ2) is 7.50. The highest BCUT2D eigenvalue weighted by Crippen LogP contribution is 2.36. The Labute approximate surface area is 179 Å². The van der Waals surface area contributed by atoms with E-state index < -0.39 is 0 Å². The second-order valence-electron chi connectivity index (χ2n) is 7.43. The van der Waals surface area contributed by atoms with Gasteiger partial charge in [-0.15, -0.1) is 0 Å². The molecule has 0 saturated heterocycles. The van der Waals surface area contributed by atoms with Crippen molar-refractivity contribution in [2.24, 2.45) is 0 Å². The molecule has 5 aromatic rings. The largest absolute Gasteiger partial charge is 0.497 e. The van der Waals surface area contributed by atoms with Crippen LogP contribution in [-0.4, -0.2) is 26.2 Å². The maximum atomic E-state index is 6.14. The van der Waals surface area contributed by atoms with Crippen LogP contribution < -0.4 is 13.8 Å². The zero-order chi connectivity index (χ0) is 20.7. The third kappa shape index (κ3) is 3.21. The maximum absolute atomic E-state index is 6.14. The van der Waals surface area contributed by atoms with Gasteiger partial charge in [0.25, 0.3) is 0 Å². The summed E-state index contributed by atoms with van der Waals surface area (Å²) in [7, 11) is 5.82. The van der Waals surface area contributed by atoms with E-state index in [1.807, 2.05) is 18.2 Å². The summed E-state index contributed by atoms with van der Waals surface area (Å²) in [5.74, 6) is 1.67. The Kier molecular flexibility index (Phi) is 4.68. The first-order valence-corrected chi connectivity index (χ1v) is 10.5. The van der Waals surface area contributed by atoms with Gasteiger partial charge in [-0.25, -0.2) is 0 Å². The number of hydrogen-bond acceptors (Lipinski definition) is 4. The molecule has 1 aromatic heterocycles. The normalized spacial score (nSPS) is 11.3. The first-order chi connectivity index (χ1) is 14.6. The molecule has 5 heteroatoms. The van der Waals surface area contributed by atoms with Crippen molar-refractivity contribution in [3.05, 3.63) is 72.8 Å². The average molecular weight is 415 g/mol. The average Bonchev–Trinajstić information content (AvgIpc) is 3.14. The molecule has 1 N–H and O–H groups in total. The quantitative estimate of drug-likeness (QED) is 0.327. The van der Waals surface area contributed by atoms with E-state index in [0.717, 1.165) is 38.2 Å². The summed E-state index contributed by atoms with van der Waals surface area (Å²) in [5.41, 5.74) is 3.33. The number of hydrogen-bond donors (Lipinski definition) is 1. The molecule has 1 heterocycles. The number of H-pyrrole nitrogens is 1. The number of benzene rings is 4. The van der Waals surface area contributed by atoms with Crippen molar-refractivity contribution in [3.63, 3.8) is 0 Å². The molecule has 0 atom stereocenters. The van der Waals surface area contributed by atoms with E-state index in [2.05, 4.69) is 78.6 Å². The summed E-state index contributed by atoms with van der Waals surface area (Å²) in [6.45, 7) is 0. The summed E-state index contributed by atoms with van der Waals surface area (Å²) in [6, 6.07) is 24.9. The van der Waals surface area contributed by atoms with Gasteiger partial charge in [0.05, 0.1) is 29.6 Å². The van der Waals surface area contributed by atoms with Gasteiger partial charge >= 0.3 is 0 Å². The van der Waals surface area contributed by atoms with Crippen molar-refractivity contribution < 1.29 is 8.92 Å². The van der Waals surface area contributed by atoms with Crippen LogP contribution in [0.1, 0.15) is 0 Å². The molecule has 0 unspecified atom stereocenters. The molecule has 0 fully saturated rings. The highest BCUT2D eigenvalue weighted by atomic mass is 32.2. The topological polar surface area (TPSA) is 37.5 Å². The molecule has 0 radical (unpaired) electrons. The first kappa shape index (κ1) is 18.7. The third-order valence-electron chi connectivity index (χ3n) is 5.35. The van der Waals surface area contributed by atoms with Crippen LogP contribution in [0.3, 0.4) is 0 Å². The van der Waals surface area contributed by atoms with E-state index in [4.69, 9.17) is 8.92 Å². The number of rotatable bonds is 5. The van der Waals surface area contributed by atoms with Crippen LogP contribution in [0.5, 0.6) is 11.5 Å². The van der Waals surface area contributed by atoms with E-state index in [0.29, 0.717) is 0 Å². The summed E-state index contributed by atoms with van der Waals surface area (Å²) in [5, 5.41) is 4.70. The zero-order valence-corrected chi connectivity index (χ0v) is 17.9. The Hall–Kier alpha value is -3.31. The number of nitrogens with one attached hydrogen (secondary N) is 1. The number of fused-ring (bicyclic) bond motifs is 4. The SMILES string of the molecule is COc1ccc2c(c1)[nH]c1ccc(OSc3cccc4c(N(C)C)cccc34)cc12. The van der Waals surface area contributed by atoms with Crippen molar-refractivity contribution in [3.8, 4) is 11.5 Å². The minimum absolute atomic E-state index is 0.824. The Morgan fingerprint density at radius 2 is 1.53 bits per heavy atom. The van der Waals surface area contributed by atoms with Crippen molar-refractivity contribution in [2.75, 3.05) is 26.1 Å². The molecule has 0 saturated carbocycles. The molecule has 0 aliphatic rings. The van der Waals surface area contributed by atoms with Crippen LogP contribution in [0.15, 0.2) is 77.7 Å². The van der Waals surface area contributed by atoms with Crippen LogP contribution >= 0.6 is 12.0 Å². The van der Waals surface area contributed by atoms with Crippen LogP contribution in [0.25, 0.3) is 32.6 Å². The van der Waals surface area contributed by atoms with Gasteiger partial charge < -0.3 is 18.8 Å². The fourth-order valence-electron chi connectivity index (χ4n) is 3.86. The standard InChI is InChI=1S/C25H22N2O2S/c1-27(2)24-8-4-7-20-19(24)6-5-9-25(20)30-29-17-11-13-22-21(14-17)18-12-10-16(28-3)15-23(18)26-22/h4-15,26H,1-3H3. The van der Waals surface area contributed by atoms with E-state index in [1.54, 1.807) is 7.11 Å². The lowest BCUT2D eigenvalue weighted by molar-refractivity contribution is 0.415. The van der Waals surface area contributed by atoms with Gasteiger partial charge in [-0.3, -0.25) is 0 Å². The minimum atomic E-state index is 0.824. The Balaban J connectivity index is 1.48. The molecule has 4 aromatic carbocycles. The maximum Gasteiger partial charge on any atom is 0.138 e. The molecule has 4 nitrogen and oxygen atoms in total. The monoisotopic (exact) mass is 414 g/mol. The Morgan fingerprint density at radius 3 is 2.37 bits per heavy atom. The lowest BCUT2D eigenvalue weighted by atomic mass is 10.1. The zero-order valence-electron chi connectivity index (χ0n) is 17.1. The molecule has 150 valence electrons. The van der Waals surface area contributed by atoms with Crippen molar-refractivity contribution in [2.45, 2.75) is 4.90 Å². The molecule has 0 bridgehead atoms. The number of methoxy groups -OCH3 is 1. The molecule has 5 rings (SSSR count). The molecule has 0 amide bonds. The lowest BCUT2D eigenvalue weighted by Crippen LogP contribution is -2.08. The van der Waals surface area contributed by atoms with Crippen LogP contribution in [-0.2, 0) is 0 Å². The highest BCUT2D eigenvalue weighted by Gasteiger charge is 2.10. The number of nitrogens with zero attached hydrogens (tertiary/aromatic N) is 1. The first-order valence-electron chi connectivity index (χ1n) is 9.77. The Bertz CT molecular complexity index is 1370. The van der Waals surface area contributed by atoms with Crippen molar-refractivity contribution in [1.29, 1.82) is 0 Å². The van der Waals surface area contributed by atoms with Crippen LogP contribution in [0.4, 0.5) is 5.69 Å². The van der Waals surface area contributed by atoms with E-state index in [9.17, 15) is 0 Å². The second-order valence-corrected chi connectivity index (χ2v) is 8.21.